The van der Waals surface area contributed by atoms with Gasteiger partial charge in [-0.3, -0.25) is 9.59 Å². The number of hydrogen-bond donors (Lipinski definition) is 0. The van der Waals surface area contributed by atoms with Crippen molar-refractivity contribution in [2.24, 2.45) is 62.1 Å². The second-order valence-electron chi connectivity index (χ2n) is 23.4. The van der Waals surface area contributed by atoms with Gasteiger partial charge in [-0.2, -0.15) is 0 Å². The first-order valence-electron chi connectivity index (χ1n) is 24.8. The highest BCUT2D eigenvalue weighted by Gasteiger charge is 2.71. The molecule has 0 N–H and O–H groups in total. The number of rotatable bonds is 14. The summed E-state index contributed by atoms with van der Waals surface area (Å²) in [4.78, 5) is 26.1. The van der Waals surface area contributed by atoms with Crippen molar-refractivity contribution in [3.63, 3.8) is 0 Å². The molecule has 10 atom stereocenters. The van der Waals surface area contributed by atoms with E-state index in [1.807, 2.05) is 13.8 Å². The highest BCUT2D eigenvalue weighted by Crippen LogP contribution is 2.78. The van der Waals surface area contributed by atoms with Gasteiger partial charge in [0.15, 0.2) is 0 Å². The molecule has 3 unspecified atom stereocenters. The van der Waals surface area contributed by atoms with Crippen molar-refractivity contribution in [2.45, 2.75) is 144 Å². The SMILES string of the molecule is C=CCOC(=O)CC(C)(C)CC(=O)O[C@H]1CC[C@@]2(C)C(CC[C@]3(C)C2CC[C@@H]2C4[C@H](C(=C)C)CC[C@]4(COC(c4ccccc4)(c4ccccc4)c4ccccc4)CC[C@]23C)C1(C)C. The predicted molar refractivity (Wildman–Crippen MR) is 258 cm³/mol. The Bertz CT molecular complexity index is 2060. The smallest absolute Gasteiger partial charge is 0.306 e. The van der Waals surface area contributed by atoms with Gasteiger partial charge in [0.2, 0.25) is 0 Å². The van der Waals surface area contributed by atoms with Crippen molar-refractivity contribution < 1.29 is 23.8 Å². The topological polar surface area (TPSA) is 61.8 Å². The fourth-order valence-corrected chi connectivity index (χ4v) is 16.0. The van der Waals surface area contributed by atoms with E-state index in [4.69, 9.17) is 20.8 Å². The number of ether oxygens (including phenoxy) is 3. The van der Waals surface area contributed by atoms with E-state index in [1.54, 1.807) is 6.08 Å². The van der Waals surface area contributed by atoms with Crippen LogP contribution in [-0.2, 0) is 29.4 Å². The van der Waals surface area contributed by atoms with Gasteiger partial charge < -0.3 is 14.2 Å². The molecule has 5 fully saturated rings. The molecule has 0 aliphatic heterocycles. The zero-order valence-corrected chi connectivity index (χ0v) is 40.6. The summed E-state index contributed by atoms with van der Waals surface area (Å²) in [5, 5.41) is 0. The third-order valence-corrected chi connectivity index (χ3v) is 19.2. The maximum atomic E-state index is 13.6. The second kappa shape index (κ2) is 17.4. The minimum Gasteiger partial charge on any atom is -0.462 e. The van der Waals surface area contributed by atoms with Crippen LogP contribution in [0, 0.1) is 62.1 Å². The predicted octanol–water partition coefficient (Wildman–Crippen LogP) is 14.1. The van der Waals surface area contributed by atoms with Crippen LogP contribution in [0.4, 0.5) is 0 Å². The van der Waals surface area contributed by atoms with Crippen LogP contribution in [0.2, 0.25) is 0 Å². The quantitative estimate of drug-likeness (QED) is 0.0918. The van der Waals surface area contributed by atoms with Gasteiger partial charge in [-0.25, -0.2) is 0 Å². The average Bonchev–Trinajstić information content (AvgIpc) is 3.65. The minimum atomic E-state index is -0.739. The molecule has 0 aromatic heterocycles. The van der Waals surface area contributed by atoms with Crippen molar-refractivity contribution in [3.05, 3.63) is 132 Å². The molecule has 0 amide bonds. The lowest BCUT2D eigenvalue weighted by Gasteiger charge is -2.73. The number of carbonyl (C=O) groups excluding carboxylic acids is 2. The van der Waals surface area contributed by atoms with E-state index < -0.39 is 11.0 Å². The van der Waals surface area contributed by atoms with Crippen LogP contribution in [0.25, 0.3) is 0 Å². The van der Waals surface area contributed by atoms with Crippen molar-refractivity contribution >= 4 is 11.9 Å². The molecular formula is C59H78O5. The summed E-state index contributed by atoms with van der Waals surface area (Å²) in [5.41, 5.74) is 4.03. The van der Waals surface area contributed by atoms with Crippen LogP contribution < -0.4 is 0 Å². The molecule has 5 aliphatic rings. The molecule has 344 valence electrons. The van der Waals surface area contributed by atoms with Gasteiger partial charge in [-0.1, -0.05) is 164 Å². The number of esters is 2. The van der Waals surface area contributed by atoms with E-state index in [2.05, 4.69) is 139 Å². The Hall–Kier alpha value is -3.96. The Morgan fingerprint density at radius 2 is 1.27 bits per heavy atom. The third kappa shape index (κ3) is 7.76. The van der Waals surface area contributed by atoms with Crippen molar-refractivity contribution in [1.29, 1.82) is 0 Å². The van der Waals surface area contributed by atoms with Crippen molar-refractivity contribution in [2.75, 3.05) is 13.2 Å². The Morgan fingerprint density at radius 1 is 0.688 bits per heavy atom. The lowest BCUT2D eigenvalue weighted by Crippen LogP contribution is -2.67. The molecule has 5 heteroatoms. The molecule has 0 spiro atoms. The summed E-state index contributed by atoms with van der Waals surface area (Å²) >= 11 is 0. The maximum Gasteiger partial charge on any atom is 0.306 e. The fraction of sp³-hybridized carbons (Fsp3) is 0.593. The van der Waals surface area contributed by atoms with Gasteiger partial charge in [0.05, 0.1) is 19.4 Å². The summed E-state index contributed by atoms with van der Waals surface area (Å²) in [7, 11) is 0. The molecule has 0 bridgehead atoms. The maximum absolute atomic E-state index is 13.6. The molecule has 3 aromatic carbocycles. The summed E-state index contributed by atoms with van der Waals surface area (Å²) in [6.07, 6.45) is 13.4. The van der Waals surface area contributed by atoms with Gasteiger partial charge in [0.1, 0.15) is 18.3 Å². The molecule has 5 saturated carbocycles. The van der Waals surface area contributed by atoms with Crippen LogP contribution >= 0.6 is 0 Å². The molecule has 3 aromatic rings. The summed E-state index contributed by atoms with van der Waals surface area (Å²) in [5.74, 6) is 2.16. The normalized spacial score (nSPS) is 34.2. The first kappa shape index (κ1) is 46.6. The molecular weight excluding hydrogens is 789 g/mol. The third-order valence-electron chi connectivity index (χ3n) is 19.2. The van der Waals surface area contributed by atoms with E-state index in [0.29, 0.717) is 29.6 Å². The van der Waals surface area contributed by atoms with Crippen molar-refractivity contribution in [3.8, 4) is 0 Å². The van der Waals surface area contributed by atoms with E-state index >= 15 is 0 Å². The standard InChI is InChI=1S/C59H78O5/c1-11-37-62-50(60)38-53(4,5)39-51(61)64-49-31-32-55(8)47(54(49,6)7)30-33-57(10)48(55)28-27-46-52-45(41(2)3)29-34-58(52,36-35-56(46,57)9)40-63-59(42-21-15-12-16-22-42,43-23-17-13-18-24-43)44-25-19-14-20-26-44/h11-26,45-49,52H,1-2,27-40H2,3-10H3/t45-,46+,47?,48?,49-,52?,55-,56+,57+,58+/m0/s1. The zero-order valence-electron chi connectivity index (χ0n) is 40.6. The Kier molecular flexibility index (Phi) is 12.6. The van der Waals surface area contributed by atoms with E-state index in [-0.39, 0.29) is 64.6 Å². The Balaban J connectivity index is 1.06. The Morgan fingerprint density at radius 3 is 1.83 bits per heavy atom. The summed E-state index contributed by atoms with van der Waals surface area (Å²) < 4.78 is 19.5. The number of fused-ring (bicyclic) bond motifs is 7. The molecule has 0 saturated heterocycles. The molecule has 8 rings (SSSR count). The number of allylic oxidation sites excluding steroid dienone is 1. The highest BCUT2D eigenvalue weighted by molar-refractivity contribution is 5.74. The number of carbonyl (C=O) groups is 2. The molecule has 0 radical (unpaired) electrons. The summed E-state index contributed by atoms with van der Waals surface area (Å²) in [6, 6.07) is 32.8. The lowest BCUT2D eigenvalue weighted by atomic mass is 9.32. The minimum absolute atomic E-state index is 0.0616. The van der Waals surface area contributed by atoms with Gasteiger partial charge in [0, 0.05) is 5.41 Å². The zero-order chi connectivity index (χ0) is 45.8. The highest BCUT2D eigenvalue weighted by atomic mass is 16.5. The second-order valence-corrected chi connectivity index (χ2v) is 23.4. The van der Waals surface area contributed by atoms with Crippen LogP contribution in [0.3, 0.4) is 0 Å². The molecule has 64 heavy (non-hydrogen) atoms. The van der Waals surface area contributed by atoms with Crippen LogP contribution in [0.1, 0.15) is 149 Å². The molecule has 5 nitrogen and oxygen atoms in total. The van der Waals surface area contributed by atoms with Gasteiger partial charge in [-0.05, 0) is 144 Å². The van der Waals surface area contributed by atoms with Crippen LogP contribution in [-0.4, -0.2) is 31.3 Å². The number of benzene rings is 3. The fourth-order valence-electron chi connectivity index (χ4n) is 16.0. The first-order chi connectivity index (χ1) is 30.4. The first-order valence-corrected chi connectivity index (χ1v) is 24.8. The van der Waals surface area contributed by atoms with Crippen LogP contribution in [0.5, 0.6) is 0 Å². The molecule has 0 heterocycles. The summed E-state index contributed by atoms with van der Waals surface area (Å²) in [6.45, 7) is 28.3. The van der Waals surface area contributed by atoms with Gasteiger partial charge in [0.25, 0.3) is 0 Å². The van der Waals surface area contributed by atoms with Crippen LogP contribution in [0.15, 0.2) is 116 Å². The monoisotopic (exact) mass is 867 g/mol. The average molecular weight is 867 g/mol. The van der Waals surface area contributed by atoms with E-state index in [0.717, 1.165) is 25.9 Å². The van der Waals surface area contributed by atoms with E-state index in [9.17, 15) is 9.59 Å². The van der Waals surface area contributed by atoms with E-state index in [1.165, 1.54) is 67.2 Å². The lowest BCUT2D eigenvalue weighted by molar-refractivity contribution is -0.254. The molecule has 5 aliphatic carbocycles. The largest absolute Gasteiger partial charge is 0.462 e. The number of hydrogen-bond acceptors (Lipinski definition) is 5. The van der Waals surface area contributed by atoms with Gasteiger partial charge >= 0.3 is 11.9 Å². The Labute approximate surface area is 386 Å². The van der Waals surface area contributed by atoms with Crippen molar-refractivity contribution in [1.82, 2.24) is 0 Å². The van der Waals surface area contributed by atoms with Gasteiger partial charge in [-0.15, -0.1) is 0 Å².